The van der Waals surface area contributed by atoms with Gasteiger partial charge < -0.3 is 39.2 Å². The number of rotatable bonds is 14. The third kappa shape index (κ3) is 12.0. The van der Waals surface area contributed by atoms with Crippen LogP contribution in [0.4, 0.5) is 4.79 Å². The fourth-order valence-electron chi connectivity index (χ4n) is 3.78. The van der Waals surface area contributed by atoms with Crippen molar-refractivity contribution in [2.75, 3.05) is 19.5 Å². The number of amides is 2. The molecule has 0 saturated carbocycles. The molecule has 0 bridgehead atoms. The summed E-state index contributed by atoms with van der Waals surface area (Å²) < 4.78 is 23.5. The van der Waals surface area contributed by atoms with Gasteiger partial charge in [0.1, 0.15) is 29.2 Å². The molecule has 4 N–H and O–H groups in total. The number of carbonyl (C=O) groups is 4. The molecule has 0 saturated heterocycles. The maximum Gasteiger partial charge on any atom is 0.408 e. The molecule has 0 unspecified atom stereocenters. The lowest BCUT2D eigenvalue weighted by Gasteiger charge is -2.39. The zero-order valence-corrected chi connectivity index (χ0v) is 34.2. The van der Waals surface area contributed by atoms with Crippen molar-refractivity contribution < 1.29 is 47.7 Å². The first-order chi connectivity index (χ1) is 21.6. The van der Waals surface area contributed by atoms with Gasteiger partial charge in [0.15, 0.2) is 0 Å². The van der Waals surface area contributed by atoms with Crippen molar-refractivity contribution in [3.63, 3.8) is 0 Å². The number of aliphatic hydroxyl groups is 1. The molecule has 274 valence electrons. The van der Waals surface area contributed by atoms with Crippen molar-refractivity contribution in [2.45, 2.75) is 129 Å². The second-order valence-corrected chi connectivity index (χ2v) is 26.3. The van der Waals surface area contributed by atoms with Gasteiger partial charge in [0.05, 0.1) is 19.3 Å². The Morgan fingerprint density at radius 3 is 1.77 bits per heavy atom. The number of ether oxygens (including phenoxy) is 2. The predicted molar refractivity (Wildman–Crippen MR) is 194 cm³/mol. The molecule has 0 aliphatic carbocycles. The number of aliphatic hydroxyl groups excluding tert-OH is 1. The highest BCUT2D eigenvalue weighted by Gasteiger charge is 2.42. The lowest BCUT2D eigenvalue weighted by Crippen LogP contribution is -2.54. The van der Waals surface area contributed by atoms with E-state index in [1.807, 2.05) is 0 Å². The van der Waals surface area contributed by atoms with Gasteiger partial charge in [-0.25, -0.2) is 14.4 Å². The molecule has 1 rings (SSSR count). The smallest absolute Gasteiger partial charge is 0.408 e. The van der Waals surface area contributed by atoms with Crippen molar-refractivity contribution in [2.24, 2.45) is 0 Å². The van der Waals surface area contributed by atoms with Crippen molar-refractivity contribution in [3.8, 4) is 11.5 Å². The maximum atomic E-state index is 13.0. The number of aromatic carboxylic acids is 1. The van der Waals surface area contributed by atoms with Gasteiger partial charge in [-0.05, 0) is 64.0 Å². The van der Waals surface area contributed by atoms with Gasteiger partial charge in [-0.1, -0.05) is 41.5 Å². The second kappa shape index (κ2) is 16.3. The van der Waals surface area contributed by atoms with Gasteiger partial charge in [-0.2, -0.15) is 11.8 Å². The zero-order valence-electron chi connectivity index (χ0n) is 31.4. The molecule has 0 heterocycles. The van der Waals surface area contributed by atoms with Crippen molar-refractivity contribution in [1.29, 1.82) is 0 Å². The Bertz CT molecular complexity index is 1330. The highest BCUT2D eigenvalue weighted by Crippen LogP contribution is 2.44. The molecule has 0 aromatic heterocycles. The Morgan fingerprint density at radius 1 is 0.854 bits per heavy atom. The number of hydrogen-bond acceptors (Lipinski definition) is 10. The normalized spacial score (nSPS) is 14.0. The highest BCUT2D eigenvalue weighted by molar-refractivity contribution is 7.98. The average molecular weight is 731 g/mol. The molecule has 48 heavy (non-hydrogen) atoms. The van der Waals surface area contributed by atoms with Crippen LogP contribution in [0.5, 0.6) is 11.5 Å². The molecule has 12 nitrogen and oxygen atoms in total. The van der Waals surface area contributed by atoms with E-state index in [1.54, 1.807) is 33.8 Å². The number of hydrogen-bond donors (Lipinski definition) is 4. The standard InChI is InChI=1S/C33H58N2O10SSi2/c1-20-24(44-47(12,13)32(5,6)7)16-25(45-48(14,15)33(8,9)10)21(26(20)28(38)39)18-46-19-23(29(40)42-11)34-27(37)22(17-36)35-30(41)43-31(2,3)4/h16,22-23,36H,17-19H2,1-15H3,(H,34,37)(H,35,41)(H,38,39)/t22-,23-/m0/s1. The first kappa shape index (κ1) is 43.3. The monoisotopic (exact) mass is 730 g/mol. The number of esters is 1. The number of methoxy groups -OCH3 is 1. The number of benzene rings is 1. The van der Waals surface area contributed by atoms with E-state index in [0.29, 0.717) is 22.6 Å². The molecule has 1 aromatic carbocycles. The number of carboxylic acids is 1. The van der Waals surface area contributed by atoms with Gasteiger partial charge in [-0.3, -0.25) is 4.79 Å². The van der Waals surface area contributed by atoms with E-state index in [9.17, 15) is 29.4 Å². The summed E-state index contributed by atoms with van der Waals surface area (Å²) >= 11 is 1.20. The molecule has 0 radical (unpaired) electrons. The molecule has 0 aliphatic rings. The quantitative estimate of drug-likeness (QED) is 0.126. The lowest BCUT2D eigenvalue weighted by atomic mass is 10.0. The Labute approximate surface area is 292 Å². The van der Waals surface area contributed by atoms with Crippen LogP contribution >= 0.6 is 11.8 Å². The Morgan fingerprint density at radius 2 is 1.35 bits per heavy atom. The summed E-state index contributed by atoms with van der Waals surface area (Å²) in [4.78, 5) is 50.8. The Hall–Kier alpha value is -2.76. The van der Waals surface area contributed by atoms with Crippen molar-refractivity contribution in [3.05, 3.63) is 22.8 Å². The van der Waals surface area contributed by atoms with E-state index in [2.05, 4.69) is 78.4 Å². The lowest BCUT2D eigenvalue weighted by molar-refractivity contribution is -0.144. The van der Waals surface area contributed by atoms with Crippen LogP contribution in [0, 0.1) is 6.92 Å². The predicted octanol–water partition coefficient (Wildman–Crippen LogP) is 6.24. The molecule has 0 fully saturated rings. The number of carbonyl (C=O) groups excluding carboxylic acids is 3. The first-order valence-electron chi connectivity index (χ1n) is 15.9. The van der Waals surface area contributed by atoms with Crippen molar-refractivity contribution >= 4 is 52.3 Å². The summed E-state index contributed by atoms with van der Waals surface area (Å²) in [6.45, 7) is 26.9. The van der Waals surface area contributed by atoms with Crippen LogP contribution in [0.25, 0.3) is 0 Å². The summed E-state index contributed by atoms with van der Waals surface area (Å²) in [6, 6.07) is -0.773. The van der Waals surface area contributed by atoms with Gasteiger partial charge >= 0.3 is 18.0 Å². The number of carboxylic acid groups (broad SMARTS) is 1. The van der Waals surface area contributed by atoms with Crippen molar-refractivity contribution in [1.82, 2.24) is 10.6 Å². The Kier molecular flexibility index (Phi) is 14.7. The summed E-state index contributed by atoms with van der Waals surface area (Å²) in [6.07, 6.45) is -0.910. The SMILES string of the molecule is COC(=O)[C@H](CSCc1c(O[Si](C)(C)C(C)(C)C)cc(O[Si](C)(C)C(C)(C)C)c(C)c1C(=O)O)NC(=O)[C@H](CO)NC(=O)OC(C)(C)C. The van der Waals surface area contributed by atoms with Gasteiger partial charge in [0.25, 0.3) is 0 Å². The van der Waals surface area contributed by atoms with Crippen LogP contribution in [-0.2, 0) is 24.8 Å². The minimum atomic E-state index is -2.47. The van der Waals surface area contributed by atoms with E-state index in [4.69, 9.17) is 18.3 Å². The summed E-state index contributed by atoms with van der Waals surface area (Å²) in [5, 5.41) is 24.8. The van der Waals surface area contributed by atoms with Gasteiger partial charge in [-0.15, -0.1) is 0 Å². The third-order valence-corrected chi connectivity index (χ3v) is 18.4. The molecular weight excluding hydrogens is 673 g/mol. The van der Waals surface area contributed by atoms with Crippen LogP contribution in [0.2, 0.25) is 36.3 Å². The van der Waals surface area contributed by atoms with Crippen LogP contribution in [0.3, 0.4) is 0 Å². The average Bonchev–Trinajstić information content (AvgIpc) is 2.89. The highest BCUT2D eigenvalue weighted by atomic mass is 32.2. The minimum absolute atomic E-state index is 0.0111. The van der Waals surface area contributed by atoms with Crippen LogP contribution < -0.4 is 19.5 Å². The third-order valence-electron chi connectivity index (χ3n) is 8.69. The minimum Gasteiger partial charge on any atom is -0.543 e. The maximum absolute atomic E-state index is 13.0. The Balaban J connectivity index is 3.53. The van der Waals surface area contributed by atoms with E-state index in [0.717, 1.165) is 0 Å². The van der Waals surface area contributed by atoms with E-state index in [1.165, 1.54) is 18.9 Å². The molecule has 0 aliphatic heterocycles. The molecule has 2 atom stereocenters. The van der Waals surface area contributed by atoms with E-state index >= 15 is 0 Å². The second-order valence-electron chi connectivity index (χ2n) is 15.9. The van der Waals surface area contributed by atoms with Crippen LogP contribution in [-0.4, -0.2) is 87.9 Å². The number of thioether (sulfide) groups is 1. The topological polar surface area (TPSA) is 170 Å². The summed E-state index contributed by atoms with van der Waals surface area (Å²) in [5.41, 5.74) is 0.142. The van der Waals surface area contributed by atoms with Gasteiger partial charge in [0, 0.05) is 28.7 Å². The molecule has 0 spiro atoms. The molecule has 1 aromatic rings. The van der Waals surface area contributed by atoms with E-state index in [-0.39, 0.29) is 27.1 Å². The summed E-state index contributed by atoms with van der Waals surface area (Å²) in [5.74, 6) is -1.73. The fraction of sp³-hybridized carbons (Fsp3) is 0.697. The molecular formula is C33H58N2O10SSi2. The first-order valence-corrected chi connectivity index (χ1v) is 22.9. The number of alkyl carbamates (subject to hydrolysis) is 1. The zero-order chi connectivity index (χ0) is 37.6. The fourth-order valence-corrected chi connectivity index (χ4v) is 6.95. The van der Waals surface area contributed by atoms with Gasteiger partial charge in [0.2, 0.25) is 22.5 Å². The summed E-state index contributed by atoms with van der Waals surface area (Å²) in [7, 11) is -3.66. The largest absolute Gasteiger partial charge is 0.543 e. The van der Waals surface area contributed by atoms with E-state index < -0.39 is 64.9 Å². The molecule has 2 amide bonds. The van der Waals surface area contributed by atoms with Crippen LogP contribution in [0.1, 0.15) is 83.8 Å². The molecule has 15 heteroatoms. The van der Waals surface area contributed by atoms with Crippen LogP contribution in [0.15, 0.2) is 6.07 Å². The number of nitrogens with one attached hydrogen (secondary N) is 2.